The van der Waals surface area contributed by atoms with Gasteiger partial charge in [-0.25, -0.2) is 0 Å². The minimum Gasteiger partial charge on any atom is -0.465 e. The van der Waals surface area contributed by atoms with Crippen LogP contribution in [0.15, 0.2) is 40.8 Å². The SMILES string of the molecule is Cc1ccc([C@H](C)NCc2cccc(NC(=O)C3CCC3)c2)o1. The monoisotopic (exact) mass is 312 g/mol. The quantitative estimate of drug-likeness (QED) is 0.841. The van der Waals surface area contributed by atoms with Crippen molar-refractivity contribution in [2.45, 2.75) is 45.7 Å². The topological polar surface area (TPSA) is 54.3 Å². The molecule has 1 aliphatic carbocycles. The van der Waals surface area contributed by atoms with Gasteiger partial charge in [-0.2, -0.15) is 0 Å². The maximum Gasteiger partial charge on any atom is 0.227 e. The highest BCUT2D eigenvalue weighted by molar-refractivity contribution is 5.93. The van der Waals surface area contributed by atoms with E-state index in [9.17, 15) is 4.79 Å². The van der Waals surface area contributed by atoms with Gasteiger partial charge in [-0.15, -0.1) is 0 Å². The summed E-state index contributed by atoms with van der Waals surface area (Å²) in [6.45, 7) is 4.76. The Bertz CT molecular complexity index is 674. The van der Waals surface area contributed by atoms with Crippen LogP contribution in [0.3, 0.4) is 0 Å². The number of nitrogens with one attached hydrogen (secondary N) is 2. The first-order valence-electron chi connectivity index (χ1n) is 8.31. The van der Waals surface area contributed by atoms with E-state index in [1.165, 1.54) is 6.42 Å². The maximum atomic E-state index is 12.0. The van der Waals surface area contributed by atoms with E-state index in [1.807, 2.05) is 37.3 Å². The van der Waals surface area contributed by atoms with Gasteiger partial charge in [0.1, 0.15) is 11.5 Å². The third-order valence-electron chi connectivity index (χ3n) is 4.47. The van der Waals surface area contributed by atoms with Crippen molar-refractivity contribution in [1.82, 2.24) is 5.32 Å². The van der Waals surface area contributed by atoms with Crippen molar-refractivity contribution >= 4 is 11.6 Å². The molecule has 2 N–H and O–H groups in total. The van der Waals surface area contributed by atoms with Gasteiger partial charge in [0.15, 0.2) is 0 Å². The summed E-state index contributed by atoms with van der Waals surface area (Å²) in [5.74, 6) is 2.23. The molecule has 0 spiro atoms. The molecule has 1 aromatic carbocycles. The van der Waals surface area contributed by atoms with Crippen LogP contribution in [0, 0.1) is 12.8 Å². The van der Waals surface area contributed by atoms with Gasteiger partial charge in [0, 0.05) is 18.2 Å². The van der Waals surface area contributed by atoms with E-state index in [4.69, 9.17) is 4.42 Å². The summed E-state index contributed by atoms with van der Waals surface area (Å²) < 4.78 is 5.64. The highest BCUT2D eigenvalue weighted by Crippen LogP contribution is 2.27. The average Bonchev–Trinajstić information content (AvgIpc) is 2.90. The Morgan fingerprint density at radius 2 is 2.13 bits per heavy atom. The third-order valence-corrected chi connectivity index (χ3v) is 4.47. The summed E-state index contributed by atoms with van der Waals surface area (Å²) in [6, 6.07) is 12.1. The first-order valence-corrected chi connectivity index (χ1v) is 8.31. The lowest BCUT2D eigenvalue weighted by atomic mass is 9.85. The lowest BCUT2D eigenvalue weighted by Gasteiger charge is -2.24. The van der Waals surface area contributed by atoms with E-state index in [-0.39, 0.29) is 17.9 Å². The molecule has 4 nitrogen and oxygen atoms in total. The number of furan rings is 1. The van der Waals surface area contributed by atoms with E-state index in [2.05, 4.69) is 23.6 Å². The average molecular weight is 312 g/mol. The van der Waals surface area contributed by atoms with Gasteiger partial charge in [-0.1, -0.05) is 18.6 Å². The van der Waals surface area contributed by atoms with Gasteiger partial charge in [-0.3, -0.25) is 4.79 Å². The Balaban J connectivity index is 1.55. The minimum absolute atomic E-state index is 0.150. The Kier molecular flexibility index (Phi) is 4.82. The van der Waals surface area contributed by atoms with Crippen molar-refractivity contribution in [2.75, 3.05) is 5.32 Å². The number of carbonyl (C=O) groups excluding carboxylic acids is 1. The Morgan fingerprint density at radius 1 is 1.30 bits per heavy atom. The molecule has 0 bridgehead atoms. The highest BCUT2D eigenvalue weighted by Gasteiger charge is 2.25. The molecule has 1 aromatic heterocycles. The van der Waals surface area contributed by atoms with Crippen molar-refractivity contribution in [2.24, 2.45) is 5.92 Å². The van der Waals surface area contributed by atoms with Gasteiger partial charge in [-0.05, 0) is 56.5 Å². The normalized spacial score (nSPS) is 15.9. The van der Waals surface area contributed by atoms with Crippen LogP contribution >= 0.6 is 0 Å². The molecule has 2 aromatic rings. The van der Waals surface area contributed by atoms with E-state index in [1.54, 1.807) is 0 Å². The molecule has 0 unspecified atom stereocenters. The molecular weight excluding hydrogens is 288 g/mol. The number of hydrogen-bond acceptors (Lipinski definition) is 3. The Morgan fingerprint density at radius 3 is 2.78 bits per heavy atom. The zero-order valence-corrected chi connectivity index (χ0v) is 13.8. The number of hydrogen-bond donors (Lipinski definition) is 2. The van der Waals surface area contributed by atoms with Gasteiger partial charge in [0.05, 0.1) is 6.04 Å². The first-order chi connectivity index (χ1) is 11.1. The smallest absolute Gasteiger partial charge is 0.227 e. The van der Waals surface area contributed by atoms with Crippen LogP contribution in [0.4, 0.5) is 5.69 Å². The van der Waals surface area contributed by atoms with Crippen LogP contribution in [0.25, 0.3) is 0 Å². The number of rotatable bonds is 6. The predicted octanol–water partition coefficient (Wildman–Crippen LogP) is 4.18. The van der Waals surface area contributed by atoms with Crippen LogP contribution in [0.5, 0.6) is 0 Å². The van der Waals surface area contributed by atoms with Crippen LogP contribution in [-0.2, 0) is 11.3 Å². The third kappa shape index (κ3) is 4.02. The van der Waals surface area contributed by atoms with E-state index in [0.717, 1.165) is 42.2 Å². The number of aryl methyl sites for hydroxylation is 1. The highest BCUT2D eigenvalue weighted by atomic mass is 16.3. The van der Waals surface area contributed by atoms with Crippen molar-refractivity contribution in [3.8, 4) is 0 Å². The van der Waals surface area contributed by atoms with Crippen molar-refractivity contribution < 1.29 is 9.21 Å². The summed E-state index contributed by atoms with van der Waals surface area (Å²) in [5, 5.41) is 6.47. The predicted molar refractivity (Wildman–Crippen MR) is 91.1 cm³/mol. The number of carbonyl (C=O) groups is 1. The standard InChI is InChI=1S/C19H24N2O2/c1-13-9-10-18(23-13)14(2)20-12-15-5-3-8-17(11-15)21-19(22)16-6-4-7-16/h3,5,8-11,14,16,20H,4,6-7,12H2,1-2H3,(H,21,22)/t14-/m0/s1. The van der Waals surface area contributed by atoms with E-state index in [0.29, 0.717) is 0 Å². The second kappa shape index (κ2) is 7.01. The summed E-state index contributed by atoms with van der Waals surface area (Å²) in [5.41, 5.74) is 2.02. The molecule has 1 aliphatic rings. The first kappa shape index (κ1) is 15.8. The summed E-state index contributed by atoms with van der Waals surface area (Å²) in [4.78, 5) is 12.0. The molecule has 4 heteroatoms. The molecule has 122 valence electrons. The zero-order chi connectivity index (χ0) is 16.2. The lowest BCUT2D eigenvalue weighted by molar-refractivity contribution is -0.122. The molecule has 0 saturated heterocycles. The molecule has 3 rings (SSSR count). The van der Waals surface area contributed by atoms with Crippen molar-refractivity contribution in [3.05, 3.63) is 53.5 Å². The molecule has 1 fully saturated rings. The van der Waals surface area contributed by atoms with Crippen molar-refractivity contribution in [3.63, 3.8) is 0 Å². The molecule has 23 heavy (non-hydrogen) atoms. The molecule has 1 heterocycles. The number of amides is 1. The molecular formula is C19H24N2O2. The van der Waals surface area contributed by atoms with Gasteiger partial charge >= 0.3 is 0 Å². The fourth-order valence-electron chi connectivity index (χ4n) is 2.73. The maximum absolute atomic E-state index is 12.0. The second-order valence-corrected chi connectivity index (χ2v) is 6.37. The van der Waals surface area contributed by atoms with Gasteiger partial charge in [0.25, 0.3) is 0 Å². The van der Waals surface area contributed by atoms with E-state index < -0.39 is 0 Å². The lowest BCUT2D eigenvalue weighted by Crippen LogP contribution is -2.28. The van der Waals surface area contributed by atoms with E-state index >= 15 is 0 Å². The van der Waals surface area contributed by atoms with Crippen LogP contribution in [0.1, 0.15) is 49.3 Å². The number of anilines is 1. The Labute approximate surface area is 137 Å². The molecule has 0 aliphatic heterocycles. The van der Waals surface area contributed by atoms with Gasteiger partial charge in [0.2, 0.25) is 5.91 Å². The van der Waals surface area contributed by atoms with Gasteiger partial charge < -0.3 is 15.1 Å². The Hall–Kier alpha value is -2.07. The number of benzene rings is 1. The molecule has 0 radical (unpaired) electrons. The van der Waals surface area contributed by atoms with Crippen LogP contribution < -0.4 is 10.6 Å². The van der Waals surface area contributed by atoms with Crippen molar-refractivity contribution in [1.29, 1.82) is 0 Å². The minimum atomic E-state index is 0.150. The molecule has 1 saturated carbocycles. The molecule has 1 amide bonds. The fourth-order valence-corrected chi connectivity index (χ4v) is 2.73. The van der Waals surface area contributed by atoms with Crippen LogP contribution in [0.2, 0.25) is 0 Å². The zero-order valence-electron chi connectivity index (χ0n) is 13.8. The molecule has 1 atom stereocenters. The fraction of sp³-hybridized carbons (Fsp3) is 0.421. The second-order valence-electron chi connectivity index (χ2n) is 6.37. The summed E-state index contributed by atoms with van der Waals surface area (Å²) in [7, 11) is 0. The summed E-state index contributed by atoms with van der Waals surface area (Å²) in [6.07, 6.45) is 3.21. The largest absolute Gasteiger partial charge is 0.465 e. The summed E-state index contributed by atoms with van der Waals surface area (Å²) >= 11 is 0. The van der Waals surface area contributed by atoms with Crippen LogP contribution in [-0.4, -0.2) is 5.91 Å².